The van der Waals surface area contributed by atoms with Crippen molar-refractivity contribution in [1.82, 2.24) is 4.90 Å². The molecule has 23 heavy (non-hydrogen) atoms. The number of fused-ring (bicyclic) bond motifs is 1. The Bertz CT molecular complexity index is 620. The second kappa shape index (κ2) is 6.00. The van der Waals surface area contributed by atoms with E-state index in [1.54, 1.807) is 6.07 Å². The summed E-state index contributed by atoms with van der Waals surface area (Å²) in [6.07, 6.45) is 3.92. The Morgan fingerprint density at radius 3 is 2.78 bits per heavy atom. The van der Waals surface area contributed by atoms with Crippen LogP contribution in [-0.2, 0) is 5.41 Å². The van der Waals surface area contributed by atoms with Gasteiger partial charge in [0, 0.05) is 24.7 Å². The molecule has 0 unspecified atom stereocenters. The summed E-state index contributed by atoms with van der Waals surface area (Å²) in [6.45, 7) is -1.98. The Labute approximate surface area is 134 Å². The number of alkyl halides is 2. The fraction of sp³-hybridized carbons (Fsp3) is 0.529. The summed E-state index contributed by atoms with van der Waals surface area (Å²) in [5.74, 6) is 0.340. The van der Waals surface area contributed by atoms with Gasteiger partial charge < -0.3 is 19.5 Å². The minimum absolute atomic E-state index is 0.0374. The van der Waals surface area contributed by atoms with E-state index in [2.05, 4.69) is 9.64 Å². The summed E-state index contributed by atoms with van der Waals surface area (Å²) in [7, 11) is 3.45. The molecular formula is C17H21F2NO3. The van der Waals surface area contributed by atoms with Crippen LogP contribution in [0.3, 0.4) is 0 Å². The summed E-state index contributed by atoms with van der Waals surface area (Å²) in [4.78, 5) is 2.15. The third-order valence-electron chi connectivity index (χ3n) is 4.92. The predicted octanol–water partition coefficient (Wildman–Crippen LogP) is 2.91. The van der Waals surface area contributed by atoms with E-state index in [0.717, 1.165) is 30.6 Å². The van der Waals surface area contributed by atoms with E-state index < -0.39 is 12.7 Å². The van der Waals surface area contributed by atoms with Crippen LogP contribution < -0.4 is 9.47 Å². The van der Waals surface area contributed by atoms with Gasteiger partial charge in [-0.3, -0.25) is 0 Å². The number of hydrogen-bond donors (Lipinski definition) is 1. The monoisotopic (exact) mass is 325 g/mol. The Hall–Kier alpha value is -1.82. The number of ether oxygens (including phenoxy) is 2. The van der Waals surface area contributed by atoms with E-state index in [9.17, 15) is 13.9 Å². The van der Waals surface area contributed by atoms with Crippen LogP contribution in [0.4, 0.5) is 8.78 Å². The highest BCUT2D eigenvalue weighted by Gasteiger charge is 2.45. The van der Waals surface area contributed by atoms with E-state index in [4.69, 9.17) is 4.74 Å². The van der Waals surface area contributed by atoms with Crippen LogP contribution in [-0.4, -0.2) is 43.4 Å². The highest BCUT2D eigenvalue weighted by molar-refractivity contribution is 5.49. The first-order chi connectivity index (χ1) is 11.0. The molecule has 0 amide bonds. The topological polar surface area (TPSA) is 41.9 Å². The fourth-order valence-corrected chi connectivity index (χ4v) is 3.77. The molecule has 1 aromatic rings. The van der Waals surface area contributed by atoms with E-state index in [1.165, 1.54) is 13.2 Å². The largest absolute Gasteiger partial charge is 0.493 e. The van der Waals surface area contributed by atoms with Gasteiger partial charge in [-0.2, -0.15) is 8.78 Å². The molecule has 3 rings (SSSR count). The van der Waals surface area contributed by atoms with Crippen molar-refractivity contribution in [3.63, 3.8) is 0 Å². The van der Waals surface area contributed by atoms with Gasteiger partial charge in [0.2, 0.25) is 0 Å². The molecule has 1 fully saturated rings. The molecule has 2 aliphatic rings. The molecule has 1 aliphatic carbocycles. The highest BCUT2D eigenvalue weighted by atomic mass is 19.3. The average Bonchev–Trinajstić information content (AvgIpc) is 2.85. The predicted molar refractivity (Wildman–Crippen MR) is 81.9 cm³/mol. The van der Waals surface area contributed by atoms with E-state index >= 15 is 0 Å². The van der Waals surface area contributed by atoms with Gasteiger partial charge in [0.05, 0.1) is 13.2 Å². The maximum Gasteiger partial charge on any atom is 0.387 e. The van der Waals surface area contributed by atoms with Crippen molar-refractivity contribution in [3.05, 3.63) is 35.5 Å². The van der Waals surface area contributed by atoms with Crippen molar-refractivity contribution in [1.29, 1.82) is 0 Å². The number of aliphatic hydroxyl groups is 1. The Morgan fingerprint density at radius 2 is 2.09 bits per heavy atom. The standard InChI is InChI=1S/C17H21F2NO3/c1-20-8-7-17(6-5-12(21)10-15(17)20)11-3-4-13(23-16(18)19)14(9-11)22-2/h3-4,9-10,12,16,21H,5-8H2,1-2H3/t12-,17+/m1/s1. The van der Waals surface area contributed by atoms with Gasteiger partial charge in [0.15, 0.2) is 11.5 Å². The van der Waals surface area contributed by atoms with Crippen molar-refractivity contribution in [2.45, 2.75) is 37.4 Å². The van der Waals surface area contributed by atoms with Gasteiger partial charge in [0.1, 0.15) is 0 Å². The summed E-state index contributed by atoms with van der Waals surface area (Å²) >= 11 is 0. The molecule has 1 saturated heterocycles. The lowest BCUT2D eigenvalue weighted by atomic mass is 9.70. The smallest absolute Gasteiger partial charge is 0.387 e. The summed E-state index contributed by atoms with van der Waals surface area (Å²) in [5.41, 5.74) is 1.92. The highest BCUT2D eigenvalue weighted by Crippen LogP contribution is 2.50. The molecule has 0 saturated carbocycles. The summed E-state index contributed by atoms with van der Waals surface area (Å²) in [6, 6.07) is 5.14. The molecule has 126 valence electrons. The van der Waals surface area contributed by atoms with Crippen molar-refractivity contribution >= 4 is 0 Å². The minimum Gasteiger partial charge on any atom is -0.493 e. The van der Waals surface area contributed by atoms with Gasteiger partial charge in [-0.15, -0.1) is 0 Å². The second-order valence-electron chi connectivity index (χ2n) is 6.16. The maximum atomic E-state index is 12.5. The van der Waals surface area contributed by atoms with Crippen LogP contribution in [0.1, 0.15) is 24.8 Å². The number of hydrogen-bond acceptors (Lipinski definition) is 4. The lowest BCUT2D eigenvalue weighted by Crippen LogP contribution is -2.33. The molecule has 0 bridgehead atoms. The van der Waals surface area contributed by atoms with Crippen LogP contribution >= 0.6 is 0 Å². The molecule has 4 nitrogen and oxygen atoms in total. The number of likely N-dealkylation sites (tertiary alicyclic amines) is 1. The number of nitrogens with zero attached hydrogens (tertiary/aromatic N) is 1. The average molecular weight is 325 g/mol. The lowest BCUT2D eigenvalue weighted by Gasteiger charge is -2.37. The molecule has 0 radical (unpaired) electrons. The Balaban J connectivity index is 2.02. The number of likely N-dealkylation sites (N-methyl/N-ethyl adjacent to an activating group) is 1. The number of aliphatic hydroxyl groups excluding tert-OH is 1. The SMILES string of the molecule is COc1cc([C@@]23CC[C@@H](O)C=C2N(C)CC3)ccc1OC(F)F. The van der Waals surface area contributed by atoms with E-state index in [-0.39, 0.29) is 11.2 Å². The first-order valence-corrected chi connectivity index (χ1v) is 7.71. The second-order valence-corrected chi connectivity index (χ2v) is 6.16. The van der Waals surface area contributed by atoms with Gasteiger partial charge >= 0.3 is 6.61 Å². The van der Waals surface area contributed by atoms with Crippen molar-refractivity contribution in [3.8, 4) is 11.5 Å². The van der Waals surface area contributed by atoms with Crippen molar-refractivity contribution in [2.75, 3.05) is 20.7 Å². The molecule has 1 N–H and O–H groups in total. The summed E-state index contributed by atoms with van der Waals surface area (Å²) in [5, 5.41) is 9.95. The molecule has 0 aromatic heterocycles. The van der Waals surface area contributed by atoms with E-state index in [0.29, 0.717) is 12.2 Å². The van der Waals surface area contributed by atoms with Gasteiger partial charge in [-0.1, -0.05) is 6.07 Å². The van der Waals surface area contributed by atoms with Gasteiger partial charge in [-0.05, 0) is 43.0 Å². The van der Waals surface area contributed by atoms with Crippen LogP contribution in [0, 0.1) is 0 Å². The molecule has 6 heteroatoms. The van der Waals surface area contributed by atoms with Crippen molar-refractivity contribution in [2.24, 2.45) is 0 Å². The number of rotatable bonds is 4. The first-order valence-electron chi connectivity index (χ1n) is 7.71. The Kier molecular flexibility index (Phi) is 4.19. The number of benzene rings is 1. The van der Waals surface area contributed by atoms with Crippen LogP contribution in [0.2, 0.25) is 0 Å². The molecule has 1 aliphatic heterocycles. The number of methoxy groups -OCH3 is 1. The zero-order chi connectivity index (χ0) is 16.6. The number of halogens is 2. The normalized spacial score (nSPS) is 27.0. The zero-order valence-corrected chi connectivity index (χ0v) is 13.3. The quantitative estimate of drug-likeness (QED) is 0.924. The molecule has 1 heterocycles. The molecule has 2 atom stereocenters. The minimum atomic E-state index is -2.88. The first kappa shape index (κ1) is 16.1. The summed E-state index contributed by atoms with van der Waals surface area (Å²) < 4.78 is 34.7. The molecule has 0 spiro atoms. The van der Waals surface area contributed by atoms with Crippen LogP contribution in [0.25, 0.3) is 0 Å². The molecular weight excluding hydrogens is 304 g/mol. The Morgan fingerprint density at radius 1 is 1.30 bits per heavy atom. The third kappa shape index (κ3) is 2.76. The fourth-order valence-electron chi connectivity index (χ4n) is 3.77. The lowest BCUT2D eigenvalue weighted by molar-refractivity contribution is -0.0512. The number of allylic oxidation sites excluding steroid dienone is 1. The zero-order valence-electron chi connectivity index (χ0n) is 13.3. The van der Waals surface area contributed by atoms with Gasteiger partial charge in [-0.25, -0.2) is 0 Å². The van der Waals surface area contributed by atoms with E-state index in [1.807, 2.05) is 19.2 Å². The van der Waals surface area contributed by atoms with Crippen molar-refractivity contribution < 1.29 is 23.4 Å². The van der Waals surface area contributed by atoms with Gasteiger partial charge in [0.25, 0.3) is 0 Å². The van der Waals surface area contributed by atoms with Crippen LogP contribution in [0.15, 0.2) is 30.0 Å². The maximum absolute atomic E-state index is 12.5. The third-order valence-corrected chi connectivity index (χ3v) is 4.92. The van der Waals surface area contributed by atoms with Crippen LogP contribution in [0.5, 0.6) is 11.5 Å². The molecule has 1 aromatic carbocycles.